The van der Waals surface area contributed by atoms with E-state index in [-0.39, 0.29) is 38.1 Å². The second kappa shape index (κ2) is 81.2. The van der Waals surface area contributed by atoms with Gasteiger partial charge < -0.3 is 23.4 Å². The third kappa shape index (κ3) is 394. The molecule has 3 nitrogen and oxygen atoms in total. The molecule has 0 fully saturated rings. The standard InChI is InChI=1S/C3H7.3H2O.Ti/c1-3-2;;;;/h1,3H2,2H3;3*1H2;/q-1;;;;. The summed E-state index contributed by atoms with van der Waals surface area (Å²) in [6, 6.07) is 0. The largest absolute Gasteiger partial charge is 0.412 e. The smallest absolute Gasteiger partial charge is 0 e. The summed E-state index contributed by atoms with van der Waals surface area (Å²) < 4.78 is 0. The van der Waals surface area contributed by atoms with Crippen LogP contribution in [0, 0.1) is 6.92 Å². The Labute approximate surface area is 58.9 Å². The van der Waals surface area contributed by atoms with Crippen LogP contribution in [0.1, 0.15) is 13.3 Å². The van der Waals surface area contributed by atoms with E-state index in [4.69, 9.17) is 0 Å². The zero-order chi connectivity index (χ0) is 2.71. The van der Waals surface area contributed by atoms with Gasteiger partial charge in [-0.05, 0) is 0 Å². The molecule has 0 spiro atoms. The predicted octanol–water partition coefficient (Wildman–Crippen LogP) is -1.25. The van der Waals surface area contributed by atoms with Crippen LogP contribution in [0.3, 0.4) is 0 Å². The Bertz CT molecular complexity index is 10.1. The molecule has 7 heavy (non-hydrogen) atoms. The van der Waals surface area contributed by atoms with E-state index in [1.807, 2.05) is 6.92 Å². The van der Waals surface area contributed by atoms with Crippen LogP contribution in [0.25, 0.3) is 0 Å². The van der Waals surface area contributed by atoms with E-state index in [0.717, 1.165) is 6.42 Å². The fourth-order valence-electron chi connectivity index (χ4n) is 0. The molecule has 0 aliphatic heterocycles. The van der Waals surface area contributed by atoms with Crippen molar-refractivity contribution in [1.29, 1.82) is 0 Å². The average molecular weight is 145 g/mol. The maximum atomic E-state index is 3.49. The van der Waals surface area contributed by atoms with Crippen LogP contribution >= 0.6 is 0 Å². The molecule has 4 heteroatoms. The fraction of sp³-hybridized carbons (Fsp3) is 0.667. The van der Waals surface area contributed by atoms with Crippen LogP contribution in [0.4, 0.5) is 0 Å². The summed E-state index contributed by atoms with van der Waals surface area (Å²) in [7, 11) is 0. The average Bonchev–Trinajstić information content (AvgIpc) is 0.918. The molecule has 0 saturated carbocycles. The van der Waals surface area contributed by atoms with Crippen LogP contribution in [0.5, 0.6) is 0 Å². The molecule has 0 saturated heterocycles. The van der Waals surface area contributed by atoms with Gasteiger partial charge in [-0.15, -0.1) is 0 Å². The molecule has 0 heterocycles. The molecule has 0 aromatic rings. The van der Waals surface area contributed by atoms with Crippen molar-refractivity contribution >= 4 is 0 Å². The van der Waals surface area contributed by atoms with Gasteiger partial charge in [0, 0.05) is 21.7 Å². The Morgan fingerprint density at radius 2 is 1.14 bits per heavy atom. The molecular weight excluding hydrogens is 132 g/mol. The van der Waals surface area contributed by atoms with Gasteiger partial charge in [0.15, 0.2) is 0 Å². The van der Waals surface area contributed by atoms with E-state index in [2.05, 4.69) is 6.92 Å². The van der Waals surface area contributed by atoms with Gasteiger partial charge >= 0.3 is 0 Å². The zero-order valence-corrected chi connectivity index (χ0v) is 5.98. The quantitative estimate of drug-likeness (QED) is 0.301. The first kappa shape index (κ1) is 49.1. The predicted molar refractivity (Wildman–Crippen MR) is 26.5 cm³/mol. The first-order valence-corrected chi connectivity index (χ1v) is 1.21. The van der Waals surface area contributed by atoms with Crippen LogP contribution in [0.15, 0.2) is 0 Å². The molecule has 0 unspecified atom stereocenters. The van der Waals surface area contributed by atoms with Gasteiger partial charge in [-0.25, -0.2) is 0 Å². The molecule has 0 atom stereocenters. The van der Waals surface area contributed by atoms with Crippen molar-refractivity contribution in [1.82, 2.24) is 0 Å². The minimum Gasteiger partial charge on any atom is -0.412 e. The van der Waals surface area contributed by atoms with Gasteiger partial charge in [0.2, 0.25) is 0 Å². The Hall–Kier alpha value is 0.594. The molecule has 0 bridgehead atoms. The van der Waals surface area contributed by atoms with E-state index < -0.39 is 0 Å². The van der Waals surface area contributed by atoms with Crippen molar-refractivity contribution in [2.45, 2.75) is 13.3 Å². The summed E-state index contributed by atoms with van der Waals surface area (Å²) in [6.07, 6.45) is 1.00. The Kier molecular flexibility index (Phi) is 569. The Morgan fingerprint density at radius 3 is 1.14 bits per heavy atom. The zero-order valence-electron chi connectivity index (χ0n) is 4.41. The van der Waals surface area contributed by atoms with E-state index in [9.17, 15) is 0 Å². The molecule has 0 aliphatic rings. The molecule has 0 radical (unpaired) electrons. The topological polar surface area (TPSA) is 94.5 Å². The molecule has 0 rings (SSSR count). The van der Waals surface area contributed by atoms with Crippen molar-refractivity contribution in [2.24, 2.45) is 0 Å². The summed E-state index contributed by atoms with van der Waals surface area (Å²) in [5.74, 6) is 0. The molecule has 48 valence electrons. The minimum absolute atomic E-state index is 0. The Morgan fingerprint density at radius 1 is 1.14 bits per heavy atom. The summed E-state index contributed by atoms with van der Waals surface area (Å²) in [5.41, 5.74) is 0. The number of hydrogen-bond acceptors (Lipinski definition) is 0. The van der Waals surface area contributed by atoms with Gasteiger partial charge in [-0.1, -0.05) is 6.92 Å². The second-order valence-electron chi connectivity index (χ2n) is 0.500. The number of rotatable bonds is 0. The van der Waals surface area contributed by atoms with Gasteiger partial charge in [0.1, 0.15) is 0 Å². The molecule has 0 aromatic heterocycles. The van der Waals surface area contributed by atoms with Crippen LogP contribution in [-0.2, 0) is 21.7 Å². The van der Waals surface area contributed by atoms with Crippen molar-refractivity contribution in [3.8, 4) is 0 Å². The van der Waals surface area contributed by atoms with Gasteiger partial charge in [-0.2, -0.15) is 6.42 Å². The second-order valence-corrected chi connectivity index (χ2v) is 0.500. The number of hydrogen-bond donors (Lipinski definition) is 0. The fourth-order valence-corrected chi connectivity index (χ4v) is 0. The van der Waals surface area contributed by atoms with E-state index in [0.29, 0.717) is 0 Å². The SMILES string of the molecule is O.O.O.[CH2-]CC.[Ti]. The first-order chi connectivity index (χ1) is 1.41. The third-order valence-electron chi connectivity index (χ3n) is 0. The normalized spacial score (nSPS) is 2.57. The van der Waals surface area contributed by atoms with Gasteiger partial charge in [0.05, 0.1) is 0 Å². The van der Waals surface area contributed by atoms with Gasteiger partial charge in [-0.3, -0.25) is 0 Å². The maximum absolute atomic E-state index is 3.49. The van der Waals surface area contributed by atoms with Crippen LogP contribution in [0.2, 0.25) is 0 Å². The van der Waals surface area contributed by atoms with Crippen molar-refractivity contribution < 1.29 is 38.1 Å². The van der Waals surface area contributed by atoms with Crippen molar-refractivity contribution in [3.63, 3.8) is 0 Å². The minimum atomic E-state index is 0. The van der Waals surface area contributed by atoms with E-state index in [1.54, 1.807) is 0 Å². The third-order valence-corrected chi connectivity index (χ3v) is 0. The van der Waals surface area contributed by atoms with Crippen LogP contribution in [-0.4, -0.2) is 16.4 Å². The summed E-state index contributed by atoms with van der Waals surface area (Å²) in [6.45, 7) is 5.50. The molecule has 0 amide bonds. The monoisotopic (exact) mass is 145 g/mol. The molecule has 6 N–H and O–H groups in total. The Balaban J connectivity index is -0.00000000333. The van der Waals surface area contributed by atoms with Crippen molar-refractivity contribution in [2.75, 3.05) is 0 Å². The molecule has 0 aromatic carbocycles. The summed E-state index contributed by atoms with van der Waals surface area (Å²) in [5, 5.41) is 0. The maximum Gasteiger partial charge on any atom is 0 e. The molecule has 0 aliphatic carbocycles. The molecular formula is C3H13O3Ti-. The van der Waals surface area contributed by atoms with Gasteiger partial charge in [0.25, 0.3) is 0 Å². The first-order valence-electron chi connectivity index (χ1n) is 1.21. The van der Waals surface area contributed by atoms with E-state index in [1.165, 1.54) is 0 Å². The summed E-state index contributed by atoms with van der Waals surface area (Å²) in [4.78, 5) is 0. The van der Waals surface area contributed by atoms with Crippen molar-refractivity contribution in [3.05, 3.63) is 6.92 Å². The van der Waals surface area contributed by atoms with Crippen LogP contribution < -0.4 is 0 Å². The van der Waals surface area contributed by atoms with E-state index >= 15 is 0 Å². The summed E-state index contributed by atoms with van der Waals surface area (Å²) >= 11 is 0.